The van der Waals surface area contributed by atoms with Crippen LogP contribution in [-0.2, 0) is 16.4 Å². The van der Waals surface area contributed by atoms with Gasteiger partial charge in [0.25, 0.3) is 5.91 Å². The Balaban J connectivity index is 1.52. The molecule has 0 fully saturated rings. The summed E-state index contributed by atoms with van der Waals surface area (Å²) >= 11 is 1.48. The predicted octanol–water partition coefficient (Wildman–Crippen LogP) is 7.98. The van der Waals surface area contributed by atoms with Gasteiger partial charge in [-0.3, -0.25) is 10.1 Å². The Morgan fingerprint density at radius 2 is 1.39 bits per heavy atom. The maximum atomic E-state index is 13.3. The molecule has 4 aromatic rings. The molecule has 3 aromatic carbocycles. The first kappa shape index (κ1) is 30.6. The quantitative estimate of drug-likeness (QED) is 0.182. The average Bonchev–Trinajstić information content (AvgIpc) is 3.35. The van der Waals surface area contributed by atoms with Gasteiger partial charge in [-0.1, -0.05) is 95.6 Å². The zero-order valence-electron chi connectivity index (χ0n) is 24.4. The Bertz CT molecular complexity index is 1530. The molecule has 0 unspecified atom stereocenters. The molecule has 0 bridgehead atoms. The highest BCUT2D eigenvalue weighted by Crippen LogP contribution is 2.34. The van der Waals surface area contributed by atoms with Crippen LogP contribution < -0.4 is 5.32 Å². The second-order valence-electron chi connectivity index (χ2n) is 11.1. The number of carbonyl (C=O) groups is 1. The largest absolute Gasteiger partial charge is 0.298 e. The van der Waals surface area contributed by atoms with Gasteiger partial charge in [-0.05, 0) is 53.6 Å². The summed E-state index contributed by atoms with van der Waals surface area (Å²) in [5.41, 5.74) is 4.56. The number of aromatic nitrogens is 1. The van der Waals surface area contributed by atoms with E-state index in [1.807, 2.05) is 45.9 Å². The lowest BCUT2D eigenvalue weighted by Gasteiger charge is -2.25. The molecule has 1 aromatic heterocycles. The third-order valence-electron chi connectivity index (χ3n) is 6.55. The summed E-state index contributed by atoms with van der Waals surface area (Å²) < 4.78 is 28.2. The third kappa shape index (κ3) is 7.70. The van der Waals surface area contributed by atoms with Gasteiger partial charge in [-0.15, -0.1) is 11.3 Å². The van der Waals surface area contributed by atoms with Gasteiger partial charge >= 0.3 is 0 Å². The van der Waals surface area contributed by atoms with E-state index in [9.17, 15) is 13.2 Å². The molecule has 0 aliphatic rings. The Hall–Kier alpha value is -3.33. The molecule has 0 spiro atoms. The van der Waals surface area contributed by atoms with Gasteiger partial charge in [0.1, 0.15) is 0 Å². The minimum absolute atomic E-state index is 0.191. The molecule has 216 valence electrons. The summed E-state index contributed by atoms with van der Waals surface area (Å²) in [6.07, 6.45) is 1.82. The first-order valence-corrected chi connectivity index (χ1v) is 16.4. The zero-order valence-corrected chi connectivity index (χ0v) is 26.1. The molecular weight excluding hydrogens is 551 g/mol. The summed E-state index contributed by atoms with van der Waals surface area (Å²) in [7, 11) is -3.66. The number of rotatable bonds is 12. The molecule has 0 aliphatic carbocycles. The smallest absolute Gasteiger partial charge is 0.257 e. The van der Waals surface area contributed by atoms with Crippen molar-refractivity contribution in [2.75, 3.05) is 18.4 Å². The van der Waals surface area contributed by atoms with Crippen LogP contribution in [0.4, 0.5) is 5.13 Å². The lowest BCUT2D eigenvalue weighted by Crippen LogP contribution is -2.37. The van der Waals surface area contributed by atoms with Gasteiger partial charge in [0.2, 0.25) is 10.0 Å². The number of hydrogen-bond acceptors (Lipinski definition) is 5. The van der Waals surface area contributed by atoms with Gasteiger partial charge in [-0.2, -0.15) is 4.31 Å². The first-order chi connectivity index (χ1) is 19.6. The fraction of sp³-hybridized carbons (Fsp3) is 0.333. The van der Waals surface area contributed by atoms with Crippen molar-refractivity contribution in [1.82, 2.24) is 9.29 Å². The van der Waals surface area contributed by atoms with Crippen LogP contribution in [0.5, 0.6) is 0 Å². The average molecular weight is 590 g/mol. The molecule has 0 atom stereocenters. The standard InChI is InChI=1S/C33H39N3O3S2/c1-6-10-30-31(27-15-13-26(14-16-27)25-11-8-7-9-12-25)34-33(40-30)35-32(37)28-17-19-29(20-18-28)41(38,39)36(21-23(2)3)22-24(4)5/h7-9,11-20,23-24H,6,10,21-22H2,1-5H3,(H,34,35,37). The Morgan fingerprint density at radius 3 is 1.95 bits per heavy atom. The lowest BCUT2D eigenvalue weighted by molar-refractivity contribution is 0.102. The third-order valence-corrected chi connectivity index (χ3v) is 9.43. The Kier molecular flexibility index (Phi) is 10.1. The molecule has 8 heteroatoms. The minimum Gasteiger partial charge on any atom is -0.298 e. The molecular formula is C33H39N3O3S2. The number of amides is 1. The van der Waals surface area contributed by atoms with Crippen molar-refractivity contribution in [1.29, 1.82) is 0 Å². The van der Waals surface area contributed by atoms with Crippen LogP contribution in [0.15, 0.2) is 83.8 Å². The van der Waals surface area contributed by atoms with Gasteiger partial charge in [-0.25, -0.2) is 13.4 Å². The number of carbonyl (C=O) groups excluding carboxylic acids is 1. The highest BCUT2D eigenvalue weighted by molar-refractivity contribution is 7.89. The number of anilines is 1. The van der Waals surface area contributed by atoms with Crippen molar-refractivity contribution in [3.8, 4) is 22.4 Å². The van der Waals surface area contributed by atoms with E-state index in [2.05, 4.69) is 48.6 Å². The number of nitrogens with zero attached hydrogens (tertiary/aromatic N) is 2. The molecule has 1 N–H and O–H groups in total. The maximum Gasteiger partial charge on any atom is 0.257 e. The van der Waals surface area contributed by atoms with Crippen LogP contribution in [0.1, 0.15) is 56.3 Å². The van der Waals surface area contributed by atoms with Crippen molar-refractivity contribution < 1.29 is 13.2 Å². The Morgan fingerprint density at radius 1 is 0.829 bits per heavy atom. The van der Waals surface area contributed by atoms with Crippen LogP contribution in [0.2, 0.25) is 0 Å². The molecule has 1 heterocycles. The van der Waals surface area contributed by atoms with E-state index in [-0.39, 0.29) is 22.6 Å². The van der Waals surface area contributed by atoms with E-state index in [1.165, 1.54) is 27.8 Å². The highest BCUT2D eigenvalue weighted by Gasteiger charge is 2.26. The number of aryl methyl sites for hydroxylation is 1. The number of nitrogens with one attached hydrogen (secondary N) is 1. The molecule has 4 rings (SSSR count). The minimum atomic E-state index is -3.66. The molecule has 0 aliphatic heterocycles. The normalized spacial score (nSPS) is 11.9. The van der Waals surface area contributed by atoms with Crippen molar-refractivity contribution in [3.05, 3.63) is 89.3 Å². The van der Waals surface area contributed by atoms with Crippen LogP contribution in [0, 0.1) is 11.8 Å². The Labute approximate surface area is 248 Å². The fourth-order valence-corrected chi connectivity index (χ4v) is 7.51. The predicted molar refractivity (Wildman–Crippen MR) is 170 cm³/mol. The number of thiazole rings is 1. The molecule has 0 radical (unpaired) electrons. The number of benzene rings is 3. The summed E-state index contributed by atoms with van der Waals surface area (Å²) in [6.45, 7) is 11.0. The summed E-state index contributed by atoms with van der Waals surface area (Å²) in [5.74, 6) is 0.0882. The lowest BCUT2D eigenvalue weighted by atomic mass is 10.0. The van der Waals surface area contributed by atoms with Gasteiger partial charge < -0.3 is 0 Å². The van der Waals surface area contributed by atoms with Gasteiger partial charge in [0.05, 0.1) is 10.6 Å². The molecule has 41 heavy (non-hydrogen) atoms. The highest BCUT2D eigenvalue weighted by atomic mass is 32.2. The molecule has 0 saturated carbocycles. The van der Waals surface area contributed by atoms with E-state index in [0.717, 1.165) is 40.1 Å². The molecule has 6 nitrogen and oxygen atoms in total. The van der Waals surface area contributed by atoms with Crippen LogP contribution in [0.3, 0.4) is 0 Å². The zero-order chi connectivity index (χ0) is 29.6. The summed E-state index contributed by atoms with van der Waals surface area (Å²) in [4.78, 5) is 19.2. The SMILES string of the molecule is CCCc1sc(NC(=O)c2ccc(S(=O)(=O)N(CC(C)C)CC(C)C)cc2)nc1-c1ccc(-c2ccccc2)cc1. The molecule has 1 amide bonds. The fourth-order valence-electron chi connectivity index (χ4n) is 4.66. The van der Waals surface area contributed by atoms with E-state index in [0.29, 0.717) is 23.8 Å². The van der Waals surface area contributed by atoms with E-state index in [4.69, 9.17) is 4.98 Å². The first-order valence-electron chi connectivity index (χ1n) is 14.2. The van der Waals surface area contributed by atoms with E-state index < -0.39 is 10.0 Å². The number of sulfonamides is 1. The van der Waals surface area contributed by atoms with Crippen LogP contribution in [0.25, 0.3) is 22.4 Å². The van der Waals surface area contributed by atoms with Crippen molar-refractivity contribution >= 4 is 32.4 Å². The van der Waals surface area contributed by atoms with Crippen molar-refractivity contribution in [2.45, 2.75) is 52.4 Å². The number of hydrogen-bond donors (Lipinski definition) is 1. The van der Waals surface area contributed by atoms with Gasteiger partial charge in [0, 0.05) is 29.1 Å². The topological polar surface area (TPSA) is 79.4 Å². The monoisotopic (exact) mass is 589 g/mol. The second-order valence-corrected chi connectivity index (χ2v) is 14.1. The van der Waals surface area contributed by atoms with E-state index in [1.54, 1.807) is 12.1 Å². The van der Waals surface area contributed by atoms with Crippen molar-refractivity contribution in [3.63, 3.8) is 0 Å². The van der Waals surface area contributed by atoms with Crippen molar-refractivity contribution in [2.24, 2.45) is 11.8 Å². The maximum absolute atomic E-state index is 13.3. The van der Waals surface area contributed by atoms with Gasteiger partial charge in [0.15, 0.2) is 5.13 Å². The van der Waals surface area contributed by atoms with Crippen LogP contribution in [-0.4, -0.2) is 36.7 Å². The summed E-state index contributed by atoms with van der Waals surface area (Å²) in [5, 5.41) is 3.45. The summed E-state index contributed by atoms with van der Waals surface area (Å²) in [6, 6.07) is 24.7. The second kappa shape index (κ2) is 13.6. The molecule has 0 saturated heterocycles. The van der Waals surface area contributed by atoms with Crippen LogP contribution >= 0.6 is 11.3 Å². The van der Waals surface area contributed by atoms with E-state index >= 15 is 0 Å².